The van der Waals surface area contributed by atoms with Crippen LogP contribution in [0.15, 0.2) is 12.2 Å². The lowest BCUT2D eigenvalue weighted by Crippen LogP contribution is -2.28. The van der Waals surface area contributed by atoms with Crippen LogP contribution in [0.25, 0.3) is 0 Å². The first-order valence-electron chi connectivity index (χ1n) is 5.40. The predicted molar refractivity (Wildman–Crippen MR) is 53.5 cm³/mol. The minimum Gasteiger partial charge on any atom is -0.392 e. The Bertz CT molecular complexity index is 191. The first-order chi connectivity index (χ1) is 6.34. The van der Waals surface area contributed by atoms with Gasteiger partial charge in [0.05, 0.1) is 6.10 Å². The molecule has 1 aliphatic carbocycles. The van der Waals surface area contributed by atoms with Crippen molar-refractivity contribution < 1.29 is 5.11 Å². The number of rotatable bonds is 2. The Balaban J connectivity index is 1.74. The smallest absolute Gasteiger partial charge is 0.0679 e. The van der Waals surface area contributed by atoms with Crippen LogP contribution >= 0.6 is 0 Å². The van der Waals surface area contributed by atoms with Crippen LogP contribution in [0.3, 0.4) is 0 Å². The Morgan fingerprint density at radius 2 is 2.23 bits per heavy atom. The molecule has 2 rings (SSSR count). The van der Waals surface area contributed by atoms with Crippen LogP contribution in [-0.2, 0) is 0 Å². The summed E-state index contributed by atoms with van der Waals surface area (Å²) in [5.74, 6) is 0.843. The Labute approximate surface area is 80.2 Å². The van der Waals surface area contributed by atoms with E-state index in [4.69, 9.17) is 0 Å². The number of likely N-dealkylation sites (tertiary alicyclic amines) is 1. The molecule has 0 bridgehead atoms. The van der Waals surface area contributed by atoms with Gasteiger partial charge in [-0.15, -0.1) is 0 Å². The van der Waals surface area contributed by atoms with Crippen LogP contribution in [0.2, 0.25) is 0 Å². The first-order valence-corrected chi connectivity index (χ1v) is 5.40. The molecule has 2 heteroatoms. The monoisotopic (exact) mass is 181 g/mol. The zero-order valence-corrected chi connectivity index (χ0v) is 8.15. The highest BCUT2D eigenvalue weighted by atomic mass is 16.3. The summed E-state index contributed by atoms with van der Waals surface area (Å²) in [5, 5.41) is 9.37. The quantitative estimate of drug-likeness (QED) is 0.651. The Kier molecular flexibility index (Phi) is 3.01. The Morgan fingerprint density at radius 1 is 1.31 bits per heavy atom. The third-order valence-corrected chi connectivity index (χ3v) is 3.14. The van der Waals surface area contributed by atoms with Crippen molar-refractivity contribution in [1.82, 2.24) is 4.90 Å². The second-order valence-corrected chi connectivity index (χ2v) is 4.35. The van der Waals surface area contributed by atoms with Crippen LogP contribution in [0, 0.1) is 5.92 Å². The highest BCUT2D eigenvalue weighted by Gasteiger charge is 2.22. The maximum Gasteiger partial charge on any atom is 0.0679 e. The van der Waals surface area contributed by atoms with Crippen LogP contribution in [-0.4, -0.2) is 35.7 Å². The van der Waals surface area contributed by atoms with Crippen LogP contribution in [0.4, 0.5) is 0 Å². The van der Waals surface area contributed by atoms with Gasteiger partial charge in [0.2, 0.25) is 0 Å². The zero-order chi connectivity index (χ0) is 9.10. The average Bonchev–Trinajstić information content (AvgIpc) is 2.53. The van der Waals surface area contributed by atoms with Gasteiger partial charge in [-0.3, -0.25) is 0 Å². The lowest BCUT2D eigenvalue weighted by atomic mass is 9.94. The molecule has 0 aromatic rings. The van der Waals surface area contributed by atoms with E-state index in [1.807, 2.05) is 0 Å². The summed E-state index contributed by atoms with van der Waals surface area (Å²) in [5.41, 5.74) is 0. The van der Waals surface area contributed by atoms with E-state index in [-0.39, 0.29) is 6.10 Å². The zero-order valence-electron chi connectivity index (χ0n) is 8.15. The predicted octanol–water partition coefficient (Wildman–Crippen LogP) is 1.41. The highest BCUT2D eigenvalue weighted by Crippen LogP contribution is 2.21. The average molecular weight is 181 g/mol. The van der Waals surface area contributed by atoms with Crippen molar-refractivity contribution in [2.75, 3.05) is 19.6 Å². The lowest BCUT2D eigenvalue weighted by molar-refractivity contribution is 0.168. The van der Waals surface area contributed by atoms with Gasteiger partial charge in [0.25, 0.3) is 0 Å². The number of β-amino-alcohol motifs (C(OH)–C–C–N with tert-alkyl or cyclic N) is 1. The van der Waals surface area contributed by atoms with Crippen molar-refractivity contribution in [3.8, 4) is 0 Å². The van der Waals surface area contributed by atoms with E-state index in [1.165, 1.54) is 25.8 Å². The number of allylic oxidation sites excluding steroid dienone is 2. The number of hydrogen-bond donors (Lipinski definition) is 1. The van der Waals surface area contributed by atoms with Gasteiger partial charge in [0, 0.05) is 19.6 Å². The van der Waals surface area contributed by atoms with Gasteiger partial charge in [-0.25, -0.2) is 0 Å². The van der Waals surface area contributed by atoms with Crippen LogP contribution in [0.1, 0.15) is 25.7 Å². The van der Waals surface area contributed by atoms with Gasteiger partial charge >= 0.3 is 0 Å². The topological polar surface area (TPSA) is 23.5 Å². The normalized spacial score (nSPS) is 35.5. The third kappa shape index (κ3) is 2.55. The molecule has 1 heterocycles. The molecule has 0 radical (unpaired) electrons. The fourth-order valence-corrected chi connectivity index (χ4v) is 2.37. The summed E-state index contributed by atoms with van der Waals surface area (Å²) in [4.78, 5) is 2.41. The molecule has 1 N–H and O–H groups in total. The van der Waals surface area contributed by atoms with Gasteiger partial charge in [-0.2, -0.15) is 0 Å². The van der Waals surface area contributed by atoms with E-state index >= 15 is 0 Å². The minimum atomic E-state index is -0.0564. The Morgan fingerprint density at radius 3 is 2.85 bits per heavy atom. The maximum atomic E-state index is 9.37. The minimum absolute atomic E-state index is 0.0564. The largest absolute Gasteiger partial charge is 0.392 e. The molecular weight excluding hydrogens is 162 g/mol. The fraction of sp³-hybridized carbons (Fsp3) is 0.818. The van der Waals surface area contributed by atoms with Gasteiger partial charge in [-0.1, -0.05) is 12.2 Å². The van der Waals surface area contributed by atoms with Crippen molar-refractivity contribution in [2.24, 2.45) is 5.92 Å². The van der Waals surface area contributed by atoms with Crippen LogP contribution in [0.5, 0.6) is 0 Å². The Hall–Kier alpha value is -0.340. The second-order valence-electron chi connectivity index (χ2n) is 4.35. The molecular formula is C11H19NO. The summed E-state index contributed by atoms with van der Waals surface area (Å²) >= 11 is 0. The summed E-state index contributed by atoms with van der Waals surface area (Å²) in [7, 11) is 0. The maximum absolute atomic E-state index is 9.37. The summed E-state index contributed by atoms with van der Waals surface area (Å²) in [6.45, 7) is 3.20. The van der Waals surface area contributed by atoms with E-state index in [0.29, 0.717) is 0 Å². The molecule has 1 fully saturated rings. The third-order valence-electron chi connectivity index (χ3n) is 3.14. The van der Waals surface area contributed by atoms with Gasteiger partial charge in [-0.05, 0) is 31.6 Å². The molecule has 0 aromatic carbocycles. The van der Waals surface area contributed by atoms with Gasteiger partial charge in [0.15, 0.2) is 0 Å². The van der Waals surface area contributed by atoms with Crippen LogP contribution < -0.4 is 0 Å². The van der Waals surface area contributed by atoms with Crippen molar-refractivity contribution >= 4 is 0 Å². The fourth-order valence-electron chi connectivity index (χ4n) is 2.37. The summed E-state index contributed by atoms with van der Waals surface area (Å²) < 4.78 is 0. The van der Waals surface area contributed by atoms with E-state index in [2.05, 4.69) is 17.1 Å². The molecule has 0 amide bonds. The number of hydrogen-bond acceptors (Lipinski definition) is 2. The summed E-state index contributed by atoms with van der Waals surface area (Å²) in [6, 6.07) is 0. The standard InChI is InChI=1S/C11H19NO/c13-11-6-7-12(9-11)8-10-4-2-1-3-5-10/h1-2,10-11,13H,3-9H2/t10?,11-/m0/s1. The van der Waals surface area contributed by atoms with Crippen molar-refractivity contribution in [3.63, 3.8) is 0 Å². The van der Waals surface area contributed by atoms with E-state index < -0.39 is 0 Å². The van der Waals surface area contributed by atoms with E-state index in [9.17, 15) is 5.11 Å². The molecule has 1 unspecified atom stereocenters. The molecule has 2 aliphatic rings. The molecule has 74 valence electrons. The molecule has 0 saturated carbocycles. The molecule has 0 aromatic heterocycles. The molecule has 1 aliphatic heterocycles. The van der Waals surface area contributed by atoms with Gasteiger partial charge in [0.1, 0.15) is 0 Å². The molecule has 2 atom stereocenters. The number of aliphatic hydroxyl groups excluding tert-OH is 1. The number of nitrogens with zero attached hydrogens (tertiary/aromatic N) is 1. The molecule has 0 spiro atoms. The molecule has 1 saturated heterocycles. The molecule has 2 nitrogen and oxygen atoms in total. The number of aliphatic hydroxyl groups is 1. The second kappa shape index (κ2) is 4.25. The van der Waals surface area contributed by atoms with E-state index in [1.54, 1.807) is 0 Å². The molecule has 13 heavy (non-hydrogen) atoms. The van der Waals surface area contributed by atoms with E-state index in [0.717, 1.165) is 25.4 Å². The van der Waals surface area contributed by atoms with Crippen molar-refractivity contribution in [2.45, 2.75) is 31.8 Å². The lowest BCUT2D eigenvalue weighted by Gasteiger charge is -2.24. The van der Waals surface area contributed by atoms with Crippen molar-refractivity contribution in [1.29, 1.82) is 0 Å². The van der Waals surface area contributed by atoms with Gasteiger partial charge < -0.3 is 10.0 Å². The first kappa shape index (κ1) is 9.22. The highest BCUT2D eigenvalue weighted by molar-refractivity contribution is 4.91. The van der Waals surface area contributed by atoms with Crippen molar-refractivity contribution in [3.05, 3.63) is 12.2 Å². The summed E-state index contributed by atoms with van der Waals surface area (Å²) in [6.07, 6.45) is 9.34. The SMILES string of the molecule is O[C@H]1CCN(CC2CC=CCC2)C1.